The Labute approximate surface area is 164 Å². The molecule has 29 heavy (non-hydrogen) atoms. The SMILES string of the molecule is Cc1ccc2[nH]c(C(=O)N3CC[C@H](C(=O)Nc4cc(F)c(F)c(F)c4)C3)cc2c1. The predicted molar refractivity (Wildman–Crippen MR) is 102 cm³/mol. The van der Waals surface area contributed by atoms with Gasteiger partial charge < -0.3 is 15.2 Å². The molecule has 1 aliphatic heterocycles. The molecule has 150 valence electrons. The second-order valence-corrected chi connectivity index (χ2v) is 7.25. The van der Waals surface area contributed by atoms with E-state index in [-0.39, 0.29) is 18.1 Å². The summed E-state index contributed by atoms with van der Waals surface area (Å²) in [6, 6.07) is 9.06. The van der Waals surface area contributed by atoms with Gasteiger partial charge in [-0.2, -0.15) is 0 Å². The lowest BCUT2D eigenvalue weighted by molar-refractivity contribution is -0.119. The van der Waals surface area contributed by atoms with Crippen molar-refractivity contribution >= 4 is 28.4 Å². The predicted octanol–water partition coefficient (Wildman–Crippen LogP) is 3.99. The molecule has 1 atom stereocenters. The minimum atomic E-state index is -1.59. The van der Waals surface area contributed by atoms with Gasteiger partial charge in [0.25, 0.3) is 5.91 Å². The molecule has 1 aromatic heterocycles. The molecule has 4 rings (SSSR count). The number of carbonyl (C=O) groups excluding carboxylic acids is 2. The topological polar surface area (TPSA) is 65.2 Å². The first-order valence-corrected chi connectivity index (χ1v) is 9.16. The van der Waals surface area contributed by atoms with Crippen LogP contribution in [0.2, 0.25) is 0 Å². The van der Waals surface area contributed by atoms with Gasteiger partial charge in [-0.05, 0) is 31.5 Å². The first kappa shape index (κ1) is 19.0. The Balaban J connectivity index is 1.43. The number of benzene rings is 2. The minimum absolute atomic E-state index is 0.165. The van der Waals surface area contributed by atoms with E-state index >= 15 is 0 Å². The molecule has 2 N–H and O–H groups in total. The van der Waals surface area contributed by atoms with Crippen molar-refractivity contribution in [2.24, 2.45) is 5.92 Å². The smallest absolute Gasteiger partial charge is 0.270 e. The molecule has 0 bridgehead atoms. The number of likely N-dealkylation sites (tertiary alicyclic amines) is 1. The van der Waals surface area contributed by atoms with E-state index in [9.17, 15) is 22.8 Å². The van der Waals surface area contributed by atoms with Crippen molar-refractivity contribution in [1.82, 2.24) is 9.88 Å². The molecule has 2 heterocycles. The number of halogens is 3. The Morgan fingerprint density at radius 2 is 1.83 bits per heavy atom. The van der Waals surface area contributed by atoms with Crippen LogP contribution in [0.15, 0.2) is 36.4 Å². The van der Waals surface area contributed by atoms with Crippen LogP contribution in [0.5, 0.6) is 0 Å². The zero-order valence-corrected chi connectivity index (χ0v) is 15.6. The maximum absolute atomic E-state index is 13.3. The van der Waals surface area contributed by atoms with Crippen LogP contribution in [0.3, 0.4) is 0 Å². The standard InChI is InChI=1S/C21H18F3N3O2/c1-11-2-3-17-13(6-11)7-18(26-17)21(29)27-5-4-12(10-27)20(28)25-14-8-15(22)19(24)16(23)9-14/h2-3,6-9,12,26H,4-5,10H2,1H3,(H,25,28)/t12-/m0/s1. The molecule has 5 nitrogen and oxygen atoms in total. The third-order valence-corrected chi connectivity index (χ3v) is 5.10. The monoisotopic (exact) mass is 401 g/mol. The molecule has 0 unspecified atom stereocenters. The summed E-state index contributed by atoms with van der Waals surface area (Å²) in [5.41, 5.74) is 2.21. The quantitative estimate of drug-likeness (QED) is 0.652. The second kappa shape index (κ2) is 7.27. The first-order chi connectivity index (χ1) is 13.8. The van der Waals surface area contributed by atoms with E-state index in [0.717, 1.165) is 28.6 Å². The normalized spacial score (nSPS) is 16.4. The number of H-pyrrole nitrogens is 1. The highest BCUT2D eigenvalue weighted by molar-refractivity contribution is 5.99. The molecule has 3 aromatic rings. The Kier molecular flexibility index (Phi) is 4.77. The van der Waals surface area contributed by atoms with Crippen LogP contribution in [0, 0.1) is 30.3 Å². The van der Waals surface area contributed by atoms with Crippen LogP contribution >= 0.6 is 0 Å². The molecule has 1 aliphatic rings. The highest BCUT2D eigenvalue weighted by atomic mass is 19.2. The zero-order chi connectivity index (χ0) is 20.7. The molecule has 1 fully saturated rings. The van der Waals surface area contributed by atoms with Gasteiger partial charge in [0.2, 0.25) is 5.91 Å². The van der Waals surface area contributed by atoms with E-state index in [4.69, 9.17) is 0 Å². The van der Waals surface area contributed by atoms with Gasteiger partial charge in [0.05, 0.1) is 5.92 Å². The fourth-order valence-corrected chi connectivity index (χ4v) is 3.57. The van der Waals surface area contributed by atoms with Crippen LogP contribution in [-0.4, -0.2) is 34.8 Å². The summed E-state index contributed by atoms with van der Waals surface area (Å²) in [4.78, 5) is 29.8. The first-order valence-electron chi connectivity index (χ1n) is 9.16. The average Bonchev–Trinajstić information content (AvgIpc) is 3.32. The summed E-state index contributed by atoms with van der Waals surface area (Å²) < 4.78 is 39.7. The number of amides is 2. The lowest BCUT2D eigenvalue weighted by atomic mass is 10.1. The summed E-state index contributed by atoms with van der Waals surface area (Å²) in [7, 11) is 0. The number of aromatic nitrogens is 1. The number of aryl methyl sites for hydroxylation is 1. The van der Waals surface area contributed by atoms with E-state index in [1.54, 1.807) is 11.0 Å². The van der Waals surface area contributed by atoms with Gasteiger partial charge >= 0.3 is 0 Å². The van der Waals surface area contributed by atoms with Crippen LogP contribution in [-0.2, 0) is 4.79 Å². The van der Waals surface area contributed by atoms with Crippen molar-refractivity contribution in [1.29, 1.82) is 0 Å². The third-order valence-electron chi connectivity index (χ3n) is 5.10. The lowest BCUT2D eigenvalue weighted by Gasteiger charge is -2.15. The van der Waals surface area contributed by atoms with Crippen LogP contribution in [0.1, 0.15) is 22.5 Å². The molecular weight excluding hydrogens is 383 g/mol. The van der Waals surface area contributed by atoms with E-state index < -0.39 is 29.3 Å². The summed E-state index contributed by atoms with van der Waals surface area (Å²) in [6.07, 6.45) is 0.420. The van der Waals surface area contributed by atoms with Crippen molar-refractivity contribution < 1.29 is 22.8 Å². The lowest BCUT2D eigenvalue weighted by Crippen LogP contribution is -2.31. The fraction of sp³-hybridized carbons (Fsp3) is 0.238. The van der Waals surface area contributed by atoms with E-state index in [1.807, 2.05) is 25.1 Å². The van der Waals surface area contributed by atoms with Gasteiger partial charge in [0.1, 0.15) is 5.69 Å². The number of anilines is 1. The van der Waals surface area contributed by atoms with Crippen molar-refractivity contribution in [3.63, 3.8) is 0 Å². The van der Waals surface area contributed by atoms with Gasteiger partial charge in [-0.3, -0.25) is 9.59 Å². The fourth-order valence-electron chi connectivity index (χ4n) is 3.57. The van der Waals surface area contributed by atoms with Gasteiger partial charge in [-0.15, -0.1) is 0 Å². The third kappa shape index (κ3) is 3.70. The summed E-state index contributed by atoms with van der Waals surface area (Å²) in [6.45, 7) is 2.54. The maximum atomic E-state index is 13.3. The summed E-state index contributed by atoms with van der Waals surface area (Å²) in [5, 5.41) is 3.32. The summed E-state index contributed by atoms with van der Waals surface area (Å²) >= 11 is 0. The van der Waals surface area contributed by atoms with Crippen molar-refractivity contribution in [3.05, 3.63) is 65.1 Å². The van der Waals surface area contributed by atoms with Crippen molar-refractivity contribution in [3.8, 4) is 0 Å². The number of nitrogens with zero attached hydrogens (tertiary/aromatic N) is 1. The molecule has 2 amide bonds. The zero-order valence-electron chi connectivity index (χ0n) is 15.6. The molecule has 1 saturated heterocycles. The van der Waals surface area contributed by atoms with Gasteiger partial charge in [0, 0.05) is 41.8 Å². The van der Waals surface area contributed by atoms with E-state index in [2.05, 4.69) is 10.3 Å². The van der Waals surface area contributed by atoms with Gasteiger partial charge in [0.15, 0.2) is 17.5 Å². The highest BCUT2D eigenvalue weighted by Gasteiger charge is 2.32. The highest BCUT2D eigenvalue weighted by Crippen LogP contribution is 2.24. The van der Waals surface area contributed by atoms with Crippen LogP contribution < -0.4 is 5.32 Å². The Hall–Kier alpha value is -3.29. The average molecular weight is 401 g/mol. The number of hydrogen-bond donors (Lipinski definition) is 2. The van der Waals surface area contributed by atoms with E-state index in [1.165, 1.54) is 0 Å². The number of hydrogen-bond acceptors (Lipinski definition) is 2. The summed E-state index contributed by atoms with van der Waals surface area (Å²) in [5.74, 6) is -5.56. The molecule has 0 spiro atoms. The number of aromatic amines is 1. The molecule has 0 aliphatic carbocycles. The number of carbonyl (C=O) groups is 2. The molecule has 0 radical (unpaired) electrons. The number of fused-ring (bicyclic) bond motifs is 1. The van der Waals surface area contributed by atoms with Crippen molar-refractivity contribution in [2.75, 3.05) is 18.4 Å². The Morgan fingerprint density at radius 1 is 1.10 bits per heavy atom. The number of rotatable bonds is 3. The minimum Gasteiger partial charge on any atom is -0.351 e. The molecule has 8 heteroatoms. The molecule has 0 saturated carbocycles. The Bertz CT molecular complexity index is 1100. The molecular formula is C21H18F3N3O2. The second-order valence-electron chi connectivity index (χ2n) is 7.25. The maximum Gasteiger partial charge on any atom is 0.270 e. The molecule has 2 aromatic carbocycles. The largest absolute Gasteiger partial charge is 0.351 e. The number of nitrogens with one attached hydrogen (secondary N) is 2. The van der Waals surface area contributed by atoms with Crippen LogP contribution in [0.4, 0.5) is 18.9 Å². The van der Waals surface area contributed by atoms with Gasteiger partial charge in [-0.25, -0.2) is 13.2 Å². The Morgan fingerprint density at radius 3 is 2.55 bits per heavy atom. The van der Waals surface area contributed by atoms with Gasteiger partial charge in [-0.1, -0.05) is 11.6 Å². The van der Waals surface area contributed by atoms with Crippen molar-refractivity contribution in [2.45, 2.75) is 13.3 Å². The van der Waals surface area contributed by atoms with Crippen LogP contribution in [0.25, 0.3) is 10.9 Å². The van der Waals surface area contributed by atoms with E-state index in [0.29, 0.717) is 18.7 Å².